The Morgan fingerprint density at radius 2 is 1.76 bits per heavy atom. The van der Waals surface area contributed by atoms with Crippen molar-refractivity contribution in [1.82, 2.24) is 5.32 Å². The van der Waals surface area contributed by atoms with E-state index in [9.17, 15) is 4.79 Å². The second-order valence-electron chi connectivity index (χ2n) is 5.08. The van der Waals surface area contributed by atoms with E-state index < -0.39 is 0 Å². The van der Waals surface area contributed by atoms with Crippen LogP contribution in [0.3, 0.4) is 0 Å². The van der Waals surface area contributed by atoms with Gasteiger partial charge in [0, 0.05) is 22.3 Å². The molecule has 0 aliphatic rings. The molecule has 0 saturated heterocycles. The minimum Gasteiger partial charge on any atom is -0.350 e. The summed E-state index contributed by atoms with van der Waals surface area (Å²) in [6.07, 6.45) is 0.942. The summed E-state index contributed by atoms with van der Waals surface area (Å²) < 4.78 is 0. The summed E-state index contributed by atoms with van der Waals surface area (Å²) in [5.41, 5.74) is 1.95. The van der Waals surface area contributed by atoms with Gasteiger partial charge in [0.15, 0.2) is 0 Å². The van der Waals surface area contributed by atoms with Crippen molar-refractivity contribution in [2.75, 3.05) is 0 Å². The van der Waals surface area contributed by atoms with E-state index in [0.717, 1.165) is 17.7 Å². The lowest BCUT2D eigenvalue weighted by molar-refractivity contribution is 0.0939. The minimum absolute atomic E-state index is 0.00612. The third-order valence-corrected chi connectivity index (χ3v) is 4.44. The van der Waals surface area contributed by atoms with Crippen LogP contribution in [-0.4, -0.2) is 11.9 Å². The van der Waals surface area contributed by atoms with E-state index in [2.05, 4.69) is 24.4 Å². The summed E-state index contributed by atoms with van der Waals surface area (Å²) in [5, 5.41) is 2.98. The molecule has 1 amide bonds. The van der Waals surface area contributed by atoms with Gasteiger partial charge in [-0.05, 0) is 43.2 Å². The van der Waals surface area contributed by atoms with Gasteiger partial charge in [0.05, 0.1) is 0 Å². The molecular formula is C18H21NOS. The van der Waals surface area contributed by atoms with Gasteiger partial charge in [0.25, 0.3) is 5.91 Å². The summed E-state index contributed by atoms with van der Waals surface area (Å²) in [7, 11) is 0. The van der Waals surface area contributed by atoms with Gasteiger partial charge < -0.3 is 5.32 Å². The van der Waals surface area contributed by atoms with Crippen LogP contribution in [0.15, 0.2) is 59.5 Å². The maximum Gasteiger partial charge on any atom is 0.251 e. The van der Waals surface area contributed by atoms with Crippen LogP contribution >= 0.6 is 11.8 Å². The van der Waals surface area contributed by atoms with Gasteiger partial charge in [-0.1, -0.05) is 37.3 Å². The van der Waals surface area contributed by atoms with E-state index in [1.165, 1.54) is 10.5 Å². The predicted octanol–water partition coefficient (Wildman–Crippen LogP) is 4.51. The lowest BCUT2D eigenvalue weighted by Crippen LogP contribution is -2.31. The van der Waals surface area contributed by atoms with Crippen molar-refractivity contribution < 1.29 is 4.79 Å². The van der Waals surface area contributed by atoms with Gasteiger partial charge in [-0.15, -0.1) is 11.8 Å². The van der Waals surface area contributed by atoms with Crippen molar-refractivity contribution in [2.24, 2.45) is 0 Å². The largest absolute Gasteiger partial charge is 0.350 e. The van der Waals surface area contributed by atoms with Crippen LogP contribution < -0.4 is 5.32 Å². The van der Waals surface area contributed by atoms with Gasteiger partial charge >= 0.3 is 0 Å². The van der Waals surface area contributed by atoms with Crippen LogP contribution in [0.25, 0.3) is 0 Å². The Labute approximate surface area is 131 Å². The topological polar surface area (TPSA) is 29.1 Å². The molecule has 2 rings (SSSR count). The van der Waals surface area contributed by atoms with Crippen LogP contribution in [0, 0.1) is 0 Å². The Bertz CT molecular complexity index is 566. The molecule has 0 heterocycles. The van der Waals surface area contributed by atoms with Crippen LogP contribution in [0.5, 0.6) is 0 Å². The fraction of sp³-hybridized carbons (Fsp3) is 0.278. The Hall–Kier alpha value is -1.74. The Balaban J connectivity index is 1.91. The molecule has 0 unspecified atom stereocenters. The number of amides is 1. The van der Waals surface area contributed by atoms with Crippen molar-refractivity contribution in [3.05, 3.63) is 65.7 Å². The normalized spacial score (nSPS) is 11.9. The minimum atomic E-state index is 0.00612. The van der Waals surface area contributed by atoms with E-state index in [1.54, 1.807) is 11.8 Å². The van der Waals surface area contributed by atoms with Crippen LogP contribution in [0.2, 0.25) is 0 Å². The zero-order valence-electron chi connectivity index (χ0n) is 12.5. The molecule has 0 saturated carbocycles. The van der Waals surface area contributed by atoms with Crippen molar-refractivity contribution in [2.45, 2.75) is 37.0 Å². The Morgan fingerprint density at radius 1 is 1.10 bits per heavy atom. The summed E-state index contributed by atoms with van der Waals surface area (Å²) in [4.78, 5) is 13.2. The molecule has 2 nitrogen and oxygen atoms in total. The molecule has 3 heteroatoms. The maximum atomic E-state index is 12.0. The first-order valence-corrected chi connectivity index (χ1v) is 8.25. The number of hydrogen-bond acceptors (Lipinski definition) is 2. The molecule has 0 aliphatic heterocycles. The third-order valence-electron chi connectivity index (χ3n) is 3.35. The van der Waals surface area contributed by atoms with Crippen molar-refractivity contribution >= 4 is 17.7 Å². The van der Waals surface area contributed by atoms with Gasteiger partial charge in [0.2, 0.25) is 0 Å². The van der Waals surface area contributed by atoms with Gasteiger partial charge in [0.1, 0.15) is 0 Å². The van der Waals surface area contributed by atoms with Crippen molar-refractivity contribution in [3.63, 3.8) is 0 Å². The molecule has 0 radical (unpaired) electrons. The maximum absolute atomic E-state index is 12.0. The lowest BCUT2D eigenvalue weighted by atomic mass is 10.1. The molecule has 110 valence electrons. The fourth-order valence-corrected chi connectivity index (χ4v) is 2.72. The molecule has 0 spiro atoms. The molecule has 0 fully saturated rings. The van der Waals surface area contributed by atoms with Crippen molar-refractivity contribution in [1.29, 1.82) is 0 Å². The van der Waals surface area contributed by atoms with E-state index in [1.807, 2.05) is 49.4 Å². The molecule has 1 atom stereocenters. The molecule has 2 aromatic carbocycles. The highest BCUT2D eigenvalue weighted by molar-refractivity contribution is 7.98. The summed E-state index contributed by atoms with van der Waals surface area (Å²) in [5.74, 6) is 0.920. The predicted molar refractivity (Wildman–Crippen MR) is 89.7 cm³/mol. The Morgan fingerprint density at radius 3 is 2.38 bits per heavy atom. The van der Waals surface area contributed by atoms with Gasteiger partial charge in [-0.3, -0.25) is 4.79 Å². The lowest BCUT2D eigenvalue weighted by Gasteiger charge is -2.11. The van der Waals surface area contributed by atoms with E-state index >= 15 is 0 Å². The standard InChI is InChI=1S/C18H21NOS/c1-3-14(2)19-18(20)16-11-9-15(10-12-16)13-21-17-7-5-4-6-8-17/h4-12,14H,3,13H2,1-2H3,(H,19,20)/t14-/m1/s1. The summed E-state index contributed by atoms with van der Waals surface area (Å²) >= 11 is 1.80. The quantitative estimate of drug-likeness (QED) is 0.795. The van der Waals surface area contributed by atoms with Crippen LogP contribution in [0.4, 0.5) is 0 Å². The van der Waals surface area contributed by atoms with Crippen LogP contribution in [0.1, 0.15) is 36.2 Å². The number of hydrogen-bond donors (Lipinski definition) is 1. The molecule has 0 aliphatic carbocycles. The molecule has 0 aromatic heterocycles. The highest BCUT2D eigenvalue weighted by Gasteiger charge is 2.08. The summed E-state index contributed by atoms with van der Waals surface area (Å²) in [6.45, 7) is 4.08. The molecule has 1 N–H and O–H groups in total. The zero-order valence-corrected chi connectivity index (χ0v) is 13.3. The summed E-state index contributed by atoms with van der Waals surface area (Å²) in [6, 6.07) is 18.4. The SMILES string of the molecule is CC[C@@H](C)NC(=O)c1ccc(CSc2ccccc2)cc1. The molecule has 2 aromatic rings. The number of benzene rings is 2. The number of carbonyl (C=O) groups is 1. The highest BCUT2D eigenvalue weighted by atomic mass is 32.2. The van der Waals surface area contributed by atoms with Gasteiger partial charge in [-0.2, -0.15) is 0 Å². The molecular weight excluding hydrogens is 278 g/mol. The second-order valence-corrected chi connectivity index (χ2v) is 6.13. The first-order valence-electron chi connectivity index (χ1n) is 7.26. The zero-order chi connectivity index (χ0) is 15.1. The highest BCUT2D eigenvalue weighted by Crippen LogP contribution is 2.22. The number of nitrogens with one attached hydrogen (secondary N) is 1. The Kier molecular flexibility index (Phi) is 5.88. The smallest absolute Gasteiger partial charge is 0.251 e. The average Bonchev–Trinajstić information content (AvgIpc) is 2.54. The van der Waals surface area contributed by atoms with E-state index in [0.29, 0.717) is 0 Å². The van der Waals surface area contributed by atoms with Gasteiger partial charge in [-0.25, -0.2) is 0 Å². The van der Waals surface area contributed by atoms with E-state index in [4.69, 9.17) is 0 Å². The monoisotopic (exact) mass is 299 g/mol. The first kappa shape index (κ1) is 15.6. The number of carbonyl (C=O) groups excluding carboxylic acids is 1. The second kappa shape index (κ2) is 7.89. The third kappa shape index (κ3) is 4.94. The molecule has 21 heavy (non-hydrogen) atoms. The van der Waals surface area contributed by atoms with E-state index in [-0.39, 0.29) is 11.9 Å². The molecule has 0 bridgehead atoms. The average molecular weight is 299 g/mol. The fourth-order valence-electron chi connectivity index (χ4n) is 1.84. The number of rotatable bonds is 6. The van der Waals surface area contributed by atoms with Crippen molar-refractivity contribution in [3.8, 4) is 0 Å². The van der Waals surface area contributed by atoms with Crippen LogP contribution in [-0.2, 0) is 5.75 Å². The number of thioether (sulfide) groups is 1. The first-order chi connectivity index (χ1) is 10.2.